The predicted molar refractivity (Wildman–Crippen MR) is 68.2 cm³/mol. The molecule has 1 rings (SSSR count). The summed E-state index contributed by atoms with van der Waals surface area (Å²) in [7, 11) is 3.52. The van der Waals surface area contributed by atoms with Gasteiger partial charge in [0, 0.05) is 38.7 Å². The molecule has 0 aliphatic carbocycles. The van der Waals surface area contributed by atoms with Crippen LogP contribution in [0.3, 0.4) is 0 Å². The first-order valence-electron chi connectivity index (χ1n) is 4.61. The van der Waals surface area contributed by atoms with Crippen molar-refractivity contribution in [3.05, 3.63) is 24.5 Å². The number of carbonyl (C=O) groups excluding carboxylic acids is 1. The van der Waals surface area contributed by atoms with Crippen LogP contribution in [0.2, 0.25) is 0 Å². The van der Waals surface area contributed by atoms with E-state index in [1.54, 1.807) is 19.0 Å². The molecule has 0 radical (unpaired) electrons. The fourth-order valence-corrected chi connectivity index (χ4v) is 2.07. The van der Waals surface area contributed by atoms with Crippen molar-refractivity contribution in [2.75, 3.05) is 19.8 Å². The van der Waals surface area contributed by atoms with E-state index in [4.69, 9.17) is 12.2 Å². The second-order valence-corrected chi connectivity index (χ2v) is 4.97. The summed E-state index contributed by atoms with van der Waals surface area (Å²) >= 11 is 6.72. The van der Waals surface area contributed by atoms with Crippen LogP contribution in [0.15, 0.2) is 24.5 Å². The zero-order valence-corrected chi connectivity index (χ0v) is 10.5. The van der Waals surface area contributed by atoms with Crippen molar-refractivity contribution >= 4 is 34.2 Å². The monoisotopic (exact) mass is 242 g/mol. The van der Waals surface area contributed by atoms with E-state index >= 15 is 0 Å². The summed E-state index contributed by atoms with van der Waals surface area (Å²) < 4.78 is 2.66. The molecule has 1 aromatic heterocycles. The highest BCUT2D eigenvalue weighted by molar-refractivity contribution is 8.23. The molecule has 0 aliphatic heterocycles. The third-order valence-electron chi connectivity index (χ3n) is 1.86. The zero-order chi connectivity index (χ0) is 11.3. The van der Waals surface area contributed by atoms with Crippen LogP contribution < -0.4 is 0 Å². The maximum atomic E-state index is 11.3. The molecule has 0 N–H and O–H groups in total. The number of rotatable bonds is 3. The molecule has 0 fully saturated rings. The highest BCUT2D eigenvalue weighted by atomic mass is 32.2. The number of hydrogen-bond donors (Lipinski definition) is 0. The largest absolute Gasteiger partial charge is 0.349 e. The SMILES string of the molecule is CN(C)C(=O)CCSC(=S)n1cccc1. The summed E-state index contributed by atoms with van der Waals surface area (Å²) in [4.78, 5) is 12.9. The molecule has 5 heteroatoms. The molecule has 0 bridgehead atoms. The number of thioether (sulfide) groups is 1. The van der Waals surface area contributed by atoms with Gasteiger partial charge in [-0.05, 0) is 12.1 Å². The van der Waals surface area contributed by atoms with E-state index in [1.807, 2.05) is 29.1 Å². The molecule has 0 saturated heterocycles. The first-order chi connectivity index (χ1) is 7.11. The molecule has 82 valence electrons. The molecule has 0 atom stereocenters. The van der Waals surface area contributed by atoms with Gasteiger partial charge in [0.1, 0.15) is 4.32 Å². The van der Waals surface area contributed by atoms with E-state index in [9.17, 15) is 4.79 Å². The van der Waals surface area contributed by atoms with E-state index in [0.29, 0.717) is 6.42 Å². The van der Waals surface area contributed by atoms with Crippen LogP contribution >= 0.6 is 24.0 Å². The van der Waals surface area contributed by atoms with Crippen molar-refractivity contribution in [3.8, 4) is 0 Å². The number of carbonyl (C=O) groups is 1. The van der Waals surface area contributed by atoms with E-state index in [-0.39, 0.29) is 5.91 Å². The molecule has 0 aliphatic rings. The number of nitrogens with zero attached hydrogens (tertiary/aromatic N) is 2. The van der Waals surface area contributed by atoms with Gasteiger partial charge in [0.2, 0.25) is 5.91 Å². The standard InChI is InChI=1S/C10H14N2OS2/c1-11(2)9(13)5-8-15-10(14)12-6-3-4-7-12/h3-4,6-7H,5,8H2,1-2H3. The maximum Gasteiger partial charge on any atom is 0.222 e. The molecular weight excluding hydrogens is 228 g/mol. The zero-order valence-electron chi connectivity index (χ0n) is 8.84. The Morgan fingerprint density at radius 1 is 1.40 bits per heavy atom. The van der Waals surface area contributed by atoms with Gasteiger partial charge in [0.15, 0.2) is 0 Å². The third-order valence-corrected chi connectivity index (χ3v) is 3.29. The Morgan fingerprint density at radius 3 is 2.53 bits per heavy atom. The van der Waals surface area contributed by atoms with Gasteiger partial charge < -0.3 is 9.47 Å². The smallest absolute Gasteiger partial charge is 0.222 e. The lowest BCUT2D eigenvalue weighted by molar-refractivity contribution is -0.128. The fourth-order valence-electron chi connectivity index (χ4n) is 0.980. The Balaban J connectivity index is 2.27. The lowest BCUT2D eigenvalue weighted by atomic mass is 10.4. The van der Waals surface area contributed by atoms with Crippen LogP contribution in [-0.2, 0) is 4.79 Å². The number of hydrogen-bond acceptors (Lipinski definition) is 3. The van der Waals surface area contributed by atoms with Crippen molar-refractivity contribution in [1.29, 1.82) is 0 Å². The van der Waals surface area contributed by atoms with E-state index in [1.165, 1.54) is 11.8 Å². The quantitative estimate of drug-likeness (QED) is 0.756. The van der Waals surface area contributed by atoms with E-state index in [0.717, 1.165) is 10.1 Å². The minimum Gasteiger partial charge on any atom is -0.349 e. The highest BCUT2D eigenvalue weighted by Crippen LogP contribution is 2.09. The summed E-state index contributed by atoms with van der Waals surface area (Å²) in [6, 6.07) is 3.86. The van der Waals surface area contributed by atoms with Gasteiger partial charge in [-0.1, -0.05) is 24.0 Å². The number of amides is 1. The predicted octanol–water partition coefficient (Wildman–Crippen LogP) is 1.83. The van der Waals surface area contributed by atoms with Crippen LogP contribution in [0.4, 0.5) is 0 Å². The Morgan fingerprint density at radius 2 is 2.00 bits per heavy atom. The lowest BCUT2D eigenvalue weighted by Gasteiger charge is -2.09. The molecule has 0 spiro atoms. The van der Waals surface area contributed by atoms with Crippen LogP contribution in [0.1, 0.15) is 6.42 Å². The van der Waals surface area contributed by atoms with Crippen LogP contribution in [0.25, 0.3) is 0 Å². The second kappa shape index (κ2) is 5.92. The molecule has 0 unspecified atom stereocenters. The van der Waals surface area contributed by atoms with Crippen LogP contribution in [0, 0.1) is 0 Å². The minimum absolute atomic E-state index is 0.137. The van der Waals surface area contributed by atoms with Crippen molar-refractivity contribution in [1.82, 2.24) is 9.47 Å². The third kappa shape index (κ3) is 4.05. The average Bonchev–Trinajstić information content (AvgIpc) is 2.70. The highest BCUT2D eigenvalue weighted by Gasteiger charge is 2.05. The molecule has 1 amide bonds. The van der Waals surface area contributed by atoms with Gasteiger partial charge in [-0.25, -0.2) is 0 Å². The molecule has 15 heavy (non-hydrogen) atoms. The molecule has 1 heterocycles. The van der Waals surface area contributed by atoms with Crippen LogP contribution in [-0.4, -0.2) is 39.5 Å². The molecule has 0 saturated carbocycles. The van der Waals surface area contributed by atoms with Crippen molar-refractivity contribution < 1.29 is 4.79 Å². The summed E-state index contributed by atoms with van der Waals surface area (Å²) in [5.41, 5.74) is 0. The molecule has 3 nitrogen and oxygen atoms in total. The molecular formula is C10H14N2OS2. The Kier molecular flexibility index (Phi) is 4.84. The van der Waals surface area contributed by atoms with Gasteiger partial charge in [-0.2, -0.15) is 0 Å². The maximum absolute atomic E-state index is 11.3. The summed E-state index contributed by atoms with van der Waals surface area (Å²) in [6.07, 6.45) is 4.34. The van der Waals surface area contributed by atoms with Crippen molar-refractivity contribution in [3.63, 3.8) is 0 Å². The average molecular weight is 242 g/mol. The molecule has 1 aromatic rings. The van der Waals surface area contributed by atoms with Gasteiger partial charge in [0.25, 0.3) is 0 Å². The molecule has 0 aromatic carbocycles. The minimum atomic E-state index is 0.137. The summed E-state index contributed by atoms with van der Waals surface area (Å²) in [5, 5.41) is 0. The van der Waals surface area contributed by atoms with Gasteiger partial charge in [-0.15, -0.1) is 0 Å². The van der Waals surface area contributed by atoms with Crippen molar-refractivity contribution in [2.24, 2.45) is 0 Å². The topological polar surface area (TPSA) is 25.2 Å². The Labute approximate surface area is 99.4 Å². The second-order valence-electron chi connectivity index (χ2n) is 3.24. The Hall–Kier alpha value is -0.810. The van der Waals surface area contributed by atoms with Crippen molar-refractivity contribution in [2.45, 2.75) is 6.42 Å². The van der Waals surface area contributed by atoms with Crippen LogP contribution in [0.5, 0.6) is 0 Å². The van der Waals surface area contributed by atoms with Gasteiger partial charge in [0.05, 0.1) is 0 Å². The van der Waals surface area contributed by atoms with Gasteiger partial charge >= 0.3 is 0 Å². The van der Waals surface area contributed by atoms with E-state index < -0.39 is 0 Å². The van der Waals surface area contributed by atoms with Gasteiger partial charge in [-0.3, -0.25) is 4.79 Å². The first-order valence-corrected chi connectivity index (χ1v) is 6.01. The summed E-state index contributed by atoms with van der Waals surface area (Å²) in [6.45, 7) is 0. The summed E-state index contributed by atoms with van der Waals surface area (Å²) in [5.74, 6) is 0.867. The number of aromatic nitrogens is 1. The Bertz CT molecular complexity index is 333. The van der Waals surface area contributed by atoms with E-state index in [2.05, 4.69) is 0 Å². The number of thiocarbonyl (C=S) groups is 1. The normalized spacial score (nSPS) is 10.0. The lowest BCUT2D eigenvalue weighted by Crippen LogP contribution is -2.22. The first kappa shape index (κ1) is 12.3. The fraction of sp³-hybridized carbons (Fsp3) is 0.400.